The van der Waals surface area contributed by atoms with Gasteiger partial charge in [-0.1, -0.05) is 47.5 Å². The van der Waals surface area contributed by atoms with E-state index in [1.165, 1.54) is 0 Å². The Labute approximate surface area is 191 Å². The van der Waals surface area contributed by atoms with E-state index < -0.39 is 5.91 Å². The zero-order chi connectivity index (χ0) is 22.7. The van der Waals surface area contributed by atoms with Crippen LogP contribution in [0.2, 0.25) is 5.02 Å². The molecule has 1 amide bonds. The lowest BCUT2D eigenvalue weighted by Crippen LogP contribution is -2.14. The summed E-state index contributed by atoms with van der Waals surface area (Å²) in [4.78, 5) is 17.5. The van der Waals surface area contributed by atoms with Crippen molar-refractivity contribution in [1.29, 1.82) is 0 Å². The van der Waals surface area contributed by atoms with Gasteiger partial charge in [0.2, 0.25) is 5.82 Å². The molecular formula is C25H23ClN4O2. The zero-order valence-corrected chi connectivity index (χ0v) is 18.8. The molecule has 1 aromatic heterocycles. The van der Waals surface area contributed by atoms with Crippen LogP contribution in [0.3, 0.4) is 0 Å². The Balaban J connectivity index is 1.72. The van der Waals surface area contributed by atoms with Gasteiger partial charge in [0.25, 0.3) is 5.91 Å². The molecule has 162 valence electrons. The van der Waals surface area contributed by atoms with E-state index in [0.29, 0.717) is 23.1 Å². The van der Waals surface area contributed by atoms with Crippen LogP contribution < -0.4 is 10.1 Å². The molecule has 4 rings (SSSR count). The standard InChI is InChI=1S/C25H23ClN4O2/c1-4-32-20-14-12-19(13-15-20)27-25(31)23-28-24(18-10-8-16(2)9-11-18)30(29-23)22-7-5-6-21(26)17(22)3/h5-15H,4H2,1-3H3,(H,27,31). The number of hydrogen-bond acceptors (Lipinski definition) is 4. The van der Waals surface area contributed by atoms with Gasteiger partial charge >= 0.3 is 0 Å². The van der Waals surface area contributed by atoms with Crippen molar-refractivity contribution in [3.63, 3.8) is 0 Å². The molecule has 0 saturated heterocycles. The topological polar surface area (TPSA) is 69.0 Å². The largest absolute Gasteiger partial charge is 0.494 e. The number of aromatic nitrogens is 3. The third kappa shape index (κ3) is 4.50. The Hall–Kier alpha value is -3.64. The van der Waals surface area contributed by atoms with Gasteiger partial charge in [-0.15, -0.1) is 5.10 Å². The first-order valence-electron chi connectivity index (χ1n) is 10.3. The van der Waals surface area contributed by atoms with Gasteiger partial charge in [-0.25, -0.2) is 9.67 Å². The lowest BCUT2D eigenvalue weighted by molar-refractivity contribution is 0.101. The lowest BCUT2D eigenvalue weighted by atomic mass is 10.1. The minimum atomic E-state index is -0.402. The summed E-state index contributed by atoms with van der Waals surface area (Å²) in [5.74, 6) is 0.966. The van der Waals surface area contributed by atoms with Gasteiger partial charge in [0.15, 0.2) is 5.82 Å². The van der Waals surface area contributed by atoms with Crippen molar-refractivity contribution >= 4 is 23.2 Å². The molecule has 0 bridgehead atoms. The third-order valence-electron chi connectivity index (χ3n) is 5.01. The third-order valence-corrected chi connectivity index (χ3v) is 5.42. The molecular weight excluding hydrogens is 424 g/mol. The predicted octanol–water partition coefficient (Wildman–Crippen LogP) is 5.86. The van der Waals surface area contributed by atoms with Crippen LogP contribution in [0.1, 0.15) is 28.7 Å². The summed E-state index contributed by atoms with van der Waals surface area (Å²) in [6, 6.07) is 20.7. The van der Waals surface area contributed by atoms with Crippen molar-refractivity contribution in [3.05, 3.63) is 88.7 Å². The van der Waals surface area contributed by atoms with Crippen LogP contribution >= 0.6 is 11.6 Å². The van der Waals surface area contributed by atoms with Crippen molar-refractivity contribution in [3.8, 4) is 22.8 Å². The highest BCUT2D eigenvalue weighted by molar-refractivity contribution is 6.31. The molecule has 7 heteroatoms. The van der Waals surface area contributed by atoms with Crippen LogP contribution in [0.5, 0.6) is 5.75 Å². The van der Waals surface area contributed by atoms with E-state index in [1.54, 1.807) is 28.9 Å². The molecule has 3 aromatic carbocycles. The first-order valence-corrected chi connectivity index (χ1v) is 10.7. The first kappa shape index (κ1) is 21.6. The van der Waals surface area contributed by atoms with E-state index in [9.17, 15) is 4.79 Å². The maximum Gasteiger partial charge on any atom is 0.295 e. The number of hydrogen-bond donors (Lipinski definition) is 1. The smallest absolute Gasteiger partial charge is 0.295 e. The minimum absolute atomic E-state index is 0.0637. The summed E-state index contributed by atoms with van der Waals surface area (Å²) >= 11 is 6.34. The van der Waals surface area contributed by atoms with Crippen LogP contribution in [0.15, 0.2) is 66.7 Å². The minimum Gasteiger partial charge on any atom is -0.494 e. The Kier molecular flexibility index (Phi) is 6.23. The summed E-state index contributed by atoms with van der Waals surface area (Å²) < 4.78 is 7.11. The highest BCUT2D eigenvalue weighted by Gasteiger charge is 2.20. The van der Waals surface area contributed by atoms with Gasteiger partial charge < -0.3 is 10.1 Å². The second-order valence-corrected chi connectivity index (χ2v) is 7.74. The van der Waals surface area contributed by atoms with E-state index in [4.69, 9.17) is 16.3 Å². The van der Waals surface area contributed by atoms with Crippen molar-refractivity contribution in [2.45, 2.75) is 20.8 Å². The number of amides is 1. The van der Waals surface area contributed by atoms with Crippen LogP contribution in [-0.2, 0) is 0 Å². The molecule has 32 heavy (non-hydrogen) atoms. The highest BCUT2D eigenvalue weighted by Crippen LogP contribution is 2.27. The van der Waals surface area contributed by atoms with E-state index in [2.05, 4.69) is 15.4 Å². The molecule has 0 aliphatic rings. The average Bonchev–Trinajstić information content (AvgIpc) is 3.23. The van der Waals surface area contributed by atoms with Crippen LogP contribution in [0.25, 0.3) is 17.1 Å². The van der Waals surface area contributed by atoms with Crippen molar-refractivity contribution in [2.75, 3.05) is 11.9 Å². The van der Waals surface area contributed by atoms with Crippen molar-refractivity contribution in [2.24, 2.45) is 0 Å². The maximum atomic E-state index is 13.0. The molecule has 1 N–H and O–H groups in total. The normalized spacial score (nSPS) is 10.8. The summed E-state index contributed by atoms with van der Waals surface area (Å²) in [5.41, 5.74) is 4.23. The monoisotopic (exact) mass is 446 g/mol. The fourth-order valence-electron chi connectivity index (χ4n) is 3.28. The molecule has 1 heterocycles. The zero-order valence-electron chi connectivity index (χ0n) is 18.1. The number of benzene rings is 3. The molecule has 0 saturated carbocycles. The number of anilines is 1. The molecule has 6 nitrogen and oxygen atoms in total. The van der Waals surface area contributed by atoms with Gasteiger partial charge in [0.1, 0.15) is 5.75 Å². The number of nitrogens with one attached hydrogen (secondary N) is 1. The Morgan fingerprint density at radius 2 is 1.75 bits per heavy atom. The number of nitrogens with zero attached hydrogens (tertiary/aromatic N) is 3. The fourth-order valence-corrected chi connectivity index (χ4v) is 3.45. The van der Waals surface area contributed by atoms with Gasteiger partial charge in [-0.05, 0) is 62.7 Å². The van der Waals surface area contributed by atoms with Crippen LogP contribution in [0, 0.1) is 13.8 Å². The van der Waals surface area contributed by atoms with Crippen LogP contribution in [0.4, 0.5) is 5.69 Å². The SMILES string of the molecule is CCOc1ccc(NC(=O)c2nc(-c3ccc(C)cc3)n(-c3cccc(Cl)c3C)n2)cc1. The quantitative estimate of drug-likeness (QED) is 0.403. The van der Waals surface area contributed by atoms with Crippen LogP contribution in [-0.4, -0.2) is 27.3 Å². The molecule has 0 aliphatic heterocycles. The van der Waals surface area contributed by atoms with Gasteiger partial charge in [-0.3, -0.25) is 4.79 Å². The summed E-state index contributed by atoms with van der Waals surface area (Å²) in [6.45, 7) is 6.44. The number of carbonyl (C=O) groups is 1. The number of rotatable bonds is 6. The first-order chi connectivity index (χ1) is 15.5. The second-order valence-electron chi connectivity index (χ2n) is 7.33. The fraction of sp³-hybridized carbons (Fsp3) is 0.160. The summed E-state index contributed by atoms with van der Waals surface area (Å²) in [7, 11) is 0. The van der Waals surface area contributed by atoms with E-state index in [1.807, 2.05) is 63.2 Å². The average molecular weight is 447 g/mol. The number of aryl methyl sites for hydroxylation is 1. The van der Waals surface area contributed by atoms with Crippen molar-refractivity contribution < 1.29 is 9.53 Å². The Bertz CT molecular complexity index is 1250. The van der Waals surface area contributed by atoms with E-state index in [0.717, 1.165) is 28.1 Å². The van der Waals surface area contributed by atoms with Gasteiger partial charge in [-0.2, -0.15) is 0 Å². The van der Waals surface area contributed by atoms with Gasteiger partial charge in [0.05, 0.1) is 12.3 Å². The molecule has 0 unspecified atom stereocenters. The van der Waals surface area contributed by atoms with Crippen molar-refractivity contribution in [1.82, 2.24) is 14.8 Å². The maximum absolute atomic E-state index is 13.0. The number of ether oxygens (including phenoxy) is 1. The van der Waals surface area contributed by atoms with E-state index >= 15 is 0 Å². The number of carbonyl (C=O) groups excluding carboxylic acids is 1. The Morgan fingerprint density at radius 1 is 1.03 bits per heavy atom. The Morgan fingerprint density at radius 3 is 2.44 bits per heavy atom. The molecule has 0 radical (unpaired) electrons. The molecule has 0 aliphatic carbocycles. The molecule has 0 spiro atoms. The lowest BCUT2D eigenvalue weighted by Gasteiger charge is -2.10. The highest BCUT2D eigenvalue weighted by atomic mass is 35.5. The van der Waals surface area contributed by atoms with E-state index in [-0.39, 0.29) is 5.82 Å². The predicted molar refractivity (Wildman–Crippen MR) is 127 cm³/mol. The second kappa shape index (κ2) is 9.24. The molecule has 0 fully saturated rings. The summed E-state index contributed by atoms with van der Waals surface area (Å²) in [6.07, 6.45) is 0. The molecule has 4 aromatic rings. The van der Waals surface area contributed by atoms with Gasteiger partial charge in [0, 0.05) is 16.3 Å². The molecule has 0 atom stereocenters. The summed E-state index contributed by atoms with van der Waals surface area (Å²) in [5, 5.41) is 8.00. The number of halogens is 1.